The lowest BCUT2D eigenvalue weighted by atomic mass is 10.2. The second-order valence-electron chi connectivity index (χ2n) is 5.80. The molecule has 24 heavy (non-hydrogen) atoms. The van der Waals surface area contributed by atoms with E-state index in [1.807, 2.05) is 35.2 Å². The highest BCUT2D eigenvalue weighted by Gasteiger charge is 2.32. The van der Waals surface area contributed by atoms with E-state index in [9.17, 15) is 9.90 Å². The van der Waals surface area contributed by atoms with Crippen LogP contribution in [-0.4, -0.2) is 29.2 Å². The van der Waals surface area contributed by atoms with Crippen LogP contribution < -0.4 is 10.1 Å². The normalized spacial score (nSPS) is 13.4. The summed E-state index contributed by atoms with van der Waals surface area (Å²) in [6.07, 6.45) is 2.05. The van der Waals surface area contributed by atoms with Gasteiger partial charge in [-0.2, -0.15) is 0 Å². The van der Waals surface area contributed by atoms with Gasteiger partial charge in [0.1, 0.15) is 0 Å². The van der Waals surface area contributed by atoms with Crippen molar-refractivity contribution in [1.82, 2.24) is 4.90 Å². The van der Waals surface area contributed by atoms with E-state index < -0.39 is 0 Å². The van der Waals surface area contributed by atoms with E-state index in [4.69, 9.17) is 4.74 Å². The van der Waals surface area contributed by atoms with E-state index in [2.05, 4.69) is 27.9 Å². The van der Waals surface area contributed by atoms with Gasteiger partial charge in [0.2, 0.25) is 0 Å². The molecule has 126 valence electrons. The predicted molar refractivity (Wildman–Crippen MR) is 101 cm³/mol. The van der Waals surface area contributed by atoms with E-state index in [0.29, 0.717) is 12.3 Å². The van der Waals surface area contributed by atoms with E-state index in [0.717, 1.165) is 27.7 Å². The first-order chi connectivity index (χ1) is 11.6. The van der Waals surface area contributed by atoms with Gasteiger partial charge in [-0.15, -0.1) is 0 Å². The number of hydrogen-bond donors (Lipinski definition) is 2. The van der Waals surface area contributed by atoms with E-state index >= 15 is 0 Å². The van der Waals surface area contributed by atoms with Gasteiger partial charge in [-0.05, 0) is 77.4 Å². The van der Waals surface area contributed by atoms with Crippen LogP contribution in [0.2, 0.25) is 0 Å². The molecule has 0 bridgehead atoms. The zero-order valence-corrected chi connectivity index (χ0v) is 15.5. The Labute approximate surface area is 154 Å². The summed E-state index contributed by atoms with van der Waals surface area (Å²) in [4.78, 5) is 14.5. The van der Waals surface area contributed by atoms with Gasteiger partial charge < -0.3 is 20.1 Å². The predicted octanol–water partition coefficient (Wildman–Crippen LogP) is 4.20. The van der Waals surface area contributed by atoms with E-state index in [1.54, 1.807) is 12.1 Å². The van der Waals surface area contributed by atoms with Crippen LogP contribution in [0.5, 0.6) is 11.5 Å². The maximum atomic E-state index is 12.6. The molecule has 1 aliphatic carbocycles. The van der Waals surface area contributed by atoms with Crippen molar-refractivity contribution in [2.75, 3.05) is 12.4 Å². The number of halogens is 1. The van der Waals surface area contributed by atoms with E-state index in [-0.39, 0.29) is 17.8 Å². The number of nitrogens with one attached hydrogen (secondary N) is 1. The molecule has 2 aromatic rings. The molecule has 0 spiro atoms. The number of phenols is 1. The number of nitrogens with zero attached hydrogens (tertiary/aromatic N) is 1. The minimum atomic E-state index is -0.106. The molecule has 1 aliphatic rings. The summed E-state index contributed by atoms with van der Waals surface area (Å²) in [6, 6.07) is 13.1. The van der Waals surface area contributed by atoms with Crippen LogP contribution in [0.4, 0.5) is 10.5 Å². The number of phenolic OH excluding ortho intramolecular Hbond substituents is 1. The summed E-state index contributed by atoms with van der Waals surface area (Å²) in [5, 5.41) is 12.7. The molecule has 6 heteroatoms. The number of methoxy groups -OCH3 is 1. The lowest BCUT2D eigenvalue weighted by Gasteiger charge is -2.23. The SMILES string of the molecule is COc1cc(CN(C(=O)Nc2ccc(I)cc2)C2CC2)ccc1O. The molecule has 0 saturated heterocycles. The maximum absolute atomic E-state index is 12.6. The minimum Gasteiger partial charge on any atom is -0.504 e. The van der Waals surface area contributed by atoms with Crippen LogP contribution in [0.15, 0.2) is 42.5 Å². The highest BCUT2D eigenvalue weighted by atomic mass is 127. The lowest BCUT2D eigenvalue weighted by Crippen LogP contribution is -2.36. The Morgan fingerprint density at radius 3 is 2.62 bits per heavy atom. The van der Waals surface area contributed by atoms with Crippen molar-refractivity contribution in [1.29, 1.82) is 0 Å². The first-order valence-electron chi connectivity index (χ1n) is 7.76. The highest BCUT2D eigenvalue weighted by Crippen LogP contribution is 2.31. The fraction of sp³-hybridized carbons (Fsp3) is 0.278. The Hall–Kier alpha value is -1.96. The molecule has 2 aromatic carbocycles. The summed E-state index contributed by atoms with van der Waals surface area (Å²) < 4.78 is 6.27. The van der Waals surface area contributed by atoms with Gasteiger partial charge in [0.05, 0.1) is 7.11 Å². The van der Waals surface area contributed by atoms with Crippen molar-refractivity contribution < 1.29 is 14.6 Å². The molecular formula is C18H19IN2O3. The standard InChI is InChI=1S/C18H19IN2O3/c1-24-17-10-12(2-9-16(17)22)11-21(15-7-8-15)18(23)20-14-5-3-13(19)4-6-14/h2-6,9-10,15,22H,7-8,11H2,1H3,(H,20,23). The molecule has 0 unspecified atom stereocenters. The molecule has 0 atom stereocenters. The molecule has 2 N–H and O–H groups in total. The number of urea groups is 1. The van der Waals surface area contributed by atoms with Gasteiger partial charge in [-0.3, -0.25) is 0 Å². The summed E-state index contributed by atoms with van der Waals surface area (Å²) in [5.74, 6) is 0.517. The van der Waals surface area contributed by atoms with Crippen molar-refractivity contribution in [3.63, 3.8) is 0 Å². The number of carbonyl (C=O) groups is 1. The average Bonchev–Trinajstić information content (AvgIpc) is 3.41. The molecule has 1 saturated carbocycles. The molecule has 5 nitrogen and oxygen atoms in total. The molecule has 1 fully saturated rings. The fourth-order valence-electron chi connectivity index (χ4n) is 2.50. The van der Waals surface area contributed by atoms with Crippen molar-refractivity contribution >= 4 is 34.3 Å². The largest absolute Gasteiger partial charge is 0.504 e. The van der Waals surface area contributed by atoms with Gasteiger partial charge in [0, 0.05) is 21.8 Å². The Morgan fingerprint density at radius 1 is 1.29 bits per heavy atom. The highest BCUT2D eigenvalue weighted by molar-refractivity contribution is 14.1. The van der Waals surface area contributed by atoms with Crippen LogP contribution in [0.3, 0.4) is 0 Å². The van der Waals surface area contributed by atoms with Crippen LogP contribution in [0.1, 0.15) is 18.4 Å². The van der Waals surface area contributed by atoms with Crippen LogP contribution in [-0.2, 0) is 6.54 Å². The van der Waals surface area contributed by atoms with Crippen LogP contribution in [0.25, 0.3) is 0 Å². The van der Waals surface area contributed by atoms with Crippen molar-refractivity contribution in [3.05, 3.63) is 51.6 Å². The van der Waals surface area contributed by atoms with Gasteiger partial charge >= 0.3 is 6.03 Å². The number of carbonyl (C=O) groups excluding carboxylic acids is 1. The van der Waals surface area contributed by atoms with E-state index in [1.165, 1.54) is 7.11 Å². The third kappa shape index (κ3) is 4.11. The number of anilines is 1. The number of aromatic hydroxyl groups is 1. The summed E-state index contributed by atoms with van der Waals surface area (Å²) in [5.41, 5.74) is 1.71. The molecule has 3 rings (SSSR count). The third-order valence-electron chi connectivity index (χ3n) is 3.94. The molecule has 0 heterocycles. The molecule has 2 amide bonds. The number of amides is 2. The van der Waals surface area contributed by atoms with Crippen molar-refractivity contribution in [3.8, 4) is 11.5 Å². The molecule has 0 aromatic heterocycles. The Kier molecular flexibility index (Phi) is 5.13. The number of ether oxygens (including phenoxy) is 1. The summed E-state index contributed by atoms with van der Waals surface area (Å²) in [7, 11) is 1.51. The zero-order valence-electron chi connectivity index (χ0n) is 13.3. The first kappa shape index (κ1) is 16.9. The zero-order chi connectivity index (χ0) is 17.1. The Balaban J connectivity index is 1.72. The van der Waals surface area contributed by atoms with Gasteiger partial charge in [-0.1, -0.05) is 6.07 Å². The number of rotatable bonds is 5. The number of hydrogen-bond acceptors (Lipinski definition) is 3. The second-order valence-corrected chi connectivity index (χ2v) is 7.05. The fourth-order valence-corrected chi connectivity index (χ4v) is 2.86. The number of benzene rings is 2. The molecule has 0 radical (unpaired) electrons. The van der Waals surface area contributed by atoms with Gasteiger partial charge in [-0.25, -0.2) is 4.79 Å². The Morgan fingerprint density at radius 2 is 2.00 bits per heavy atom. The quantitative estimate of drug-likeness (QED) is 0.688. The smallest absolute Gasteiger partial charge is 0.322 e. The first-order valence-corrected chi connectivity index (χ1v) is 8.84. The summed E-state index contributed by atoms with van der Waals surface area (Å²) in [6.45, 7) is 0.484. The minimum absolute atomic E-state index is 0.0996. The average molecular weight is 438 g/mol. The topological polar surface area (TPSA) is 61.8 Å². The third-order valence-corrected chi connectivity index (χ3v) is 4.66. The molecule has 0 aliphatic heterocycles. The monoisotopic (exact) mass is 438 g/mol. The maximum Gasteiger partial charge on any atom is 0.322 e. The van der Waals surface area contributed by atoms with Crippen LogP contribution in [0, 0.1) is 3.57 Å². The van der Waals surface area contributed by atoms with Gasteiger partial charge in [0.25, 0.3) is 0 Å². The lowest BCUT2D eigenvalue weighted by molar-refractivity contribution is 0.206. The Bertz CT molecular complexity index is 730. The summed E-state index contributed by atoms with van der Waals surface area (Å²) >= 11 is 2.23. The van der Waals surface area contributed by atoms with Crippen molar-refractivity contribution in [2.45, 2.75) is 25.4 Å². The van der Waals surface area contributed by atoms with Gasteiger partial charge in [0.15, 0.2) is 11.5 Å². The second kappa shape index (κ2) is 7.29. The van der Waals surface area contributed by atoms with Crippen LogP contribution >= 0.6 is 22.6 Å². The molecular weight excluding hydrogens is 419 g/mol. The van der Waals surface area contributed by atoms with Crippen molar-refractivity contribution in [2.24, 2.45) is 0 Å².